The molecule has 6 nitrogen and oxygen atoms in total. The number of nitrogens with one attached hydrogen (secondary N) is 1. The normalized spacial score (nSPS) is 43.2. The maximum atomic E-state index is 10.7. The van der Waals surface area contributed by atoms with Crippen LogP contribution in [0.5, 0.6) is 0 Å². The van der Waals surface area contributed by atoms with Gasteiger partial charge in [-0.1, -0.05) is 16.9 Å². The van der Waals surface area contributed by atoms with Gasteiger partial charge in [0.15, 0.2) is 5.17 Å². The summed E-state index contributed by atoms with van der Waals surface area (Å²) in [6, 6.07) is -0.911. The number of fused-ring (bicyclic) bond motifs is 1. The second-order valence-corrected chi connectivity index (χ2v) is 5.60. The lowest BCUT2D eigenvalue weighted by molar-refractivity contribution is 0.0369. The highest BCUT2D eigenvalue weighted by Crippen LogP contribution is 2.38. The Bertz CT molecular complexity index is 326. The minimum atomic E-state index is -0.847. The fraction of sp³-hybridized carbons (Fsp3) is 0.900. The van der Waals surface area contributed by atoms with E-state index in [4.69, 9.17) is 0 Å². The van der Waals surface area contributed by atoms with Crippen LogP contribution < -0.4 is 5.32 Å². The number of aliphatic imine (C=N–C) groups is 1. The van der Waals surface area contributed by atoms with E-state index in [-0.39, 0.29) is 23.8 Å². The lowest BCUT2D eigenvalue weighted by atomic mass is 9.80. The molecule has 1 heterocycles. The Hall–Kier alpha value is -0.660. The highest BCUT2D eigenvalue weighted by atomic mass is 32.2. The quantitative estimate of drug-likeness (QED) is 0.617. The van der Waals surface area contributed by atoms with Crippen LogP contribution in [0.3, 0.4) is 0 Å². The van der Waals surface area contributed by atoms with Gasteiger partial charge in [-0.15, -0.1) is 0 Å². The molecule has 5 atom stereocenters. The minimum Gasteiger partial charge on any atom is -0.396 e. The highest BCUT2D eigenvalue weighted by molar-refractivity contribution is 8.14. The molecule has 1 aliphatic heterocycles. The molecule has 0 aromatic heterocycles. The predicted octanol–water partition coefficient (Wildman–Crippen LogP) is -0.0560. The molecular weight excluding hydrogens is 242 g/mol. The average molecular weight is 259 g/mol. The molecule has 2 rings (SSSR count). The topological polar surface area (TPSA) is 94.3 Å². The summed E-state index contributed by atoms with van der Waals surface area (Å²) < 4.78 is 0. The number of thioether (sulfide) groups is 1. The molecule has 1 aliphatic carbocycles. The van der Waals surface area contributed by atoms with Crippen molar-refractivity contribution in [3.8, 4) is 0 Å². The van der Waals surface area contributed by atoms with Crippen LogP contribution in [0.4, 0.5) is 0 Å². The number of aliphatic hydroxyl groups is 2. The molecule has 0 unspecified atom stereocenters. The summed E-state index contributed by atoms with van der Waals surface area (Å²) in [5.41, 5.74) is 0. The van der Waals surface area contributed by atoms with Gasteiger partial charge in [-0.25, -0.2) is 0 Å². The van der Waals surface area contributed by atoms with Crippen molar-refractivity contribution >= 4 is 16.9 Å². The van der Waals surface area contributed by atoms with Crippen molar-refractivity contribution in [2.24, 2.45) is 16.1 Å². The molecule has 0 spiro atoms. The summed E-state index contributed by atoms with van der Waals surface area (Å²) in [6.45, 7) is 2.51. The number of hydrogen-bond acceptors (Lipinski definition) is 6. The molecule has 1 saturated heterocycles. The Morgan fingerprint density at radius 2 is 2.35 bits per heavy atom. The van der Waals surface area contributed by atoms with E-state index in [0.717, 1.165) is 5.17 Å². The number of nitroso groups, excluding NO2 is 1. The first-order chi connectivity index (χ1) is 8.21. The first-order valence-electron chi connectivity index (χ1n) is 5.80. The van der Waals surface area contributed by atoms with Gasteiger partial charge in [-0.3, -0.25) is 4.99 Å². The van der Waals surface area contributed by atoms with Crippen LogP contribution >= 0.6 is 11.8 Å². The summed E-state index contributed by atoms with van der Waals surface area (Å²) >= 11 is 1.58. The van der Waals surface area contributed by atoms with E-state index in [2.05, 4.69) is 15.5 Å². The van der Waals surface area contributed by atoms with E-state index < -0.39 is 12.1 Å². The largest absolute Gasteiger partial charge is 0.396 e. The molecule has 7 heteroatoms. The smallest absolute Gasteiger partial charge is 0.157 e. The van der Waals surface area contributed by atoms with E-state index >= 15 is 0 Å². The zero-order chi connectivity index (χ0) is 12.4. The molecule has 2 aliphatic rings. The summed E-state index contributed by atoms with van der Waals surface area (Å²) in [4.78, 5) is 15.0. The number of aliphatic hydroxyl groups excluding tert-OH is 2. The van der Waals surface area contributed by atoms with Crippen molar-refractivity contribution in [2.75, 3.05) is 13.2 Å². The molecular formula is C10H17N3O3S. The van der Waals surface area contributed by atoms with Crippen molar-refractivity contribution in [1.29, 1.82) is 0 Å². The Morgan fingerprint density at radius 1 is 1.59 bits per heavy atom. The standard InChI is InChI=1S/C10H17N3O3S/c1-2-11-10-12-8-6(17-10)3-5(4-14)7(13-16)9(8)15/h5-9,14-15H,2-4H2,1H3,(H,11,12)/t5-,6+,7-,8+,9+/m0/s1. The number of nitrogens with zero attached hydrogens (tertiary/aromatic N) is 2. The minimum absolute atomic E-state index is 0.114. The zero-order valence-corrected chi connectivity index (χ0v) is 10.4. The van der Waals surface area contributed by atoms with Crippen LogP contribution in [0.25, 0.3) is 0 Å². The van der Waals surface area contributed by atoms with Crippen molar-refractivity contribution < 1.29 is 10.2 Å². The Labute approximate surface area is 104 Å². The lowest BCUT2D eigenvalue weighted by Crippen LogP contribution is -2.55. The first-order valence-corrected chi connectivity index (χ1v) is 6.68. The maximum absolute atomic E-state index is 10.7. The SMILES string of the molecule is CCN=C1N[C@H]2[C@H](O)[C@@H](N=O)[C@H](CO)C[C@H]2S1. The Morgan fingerprint density at radius 3 is 2.94 bits per heavy atom. The van der Waals surface area contributed by atoms with Crippen molar-refractivity contribution in [3.05, 3.63) is 4.91 Å². The van der Waals surface area contributed by atoms with Crippen LogP contribution in [0.1, 0.15) is 13.3 Å². The third kappa shape index (κ3) is 2.31. The van der Waals surface area contributed by atoms with Crippen LogP contribution in [0, 0.1) is 10.8 Å². The van der Waals surface area contributed by atoms with Gasteiger partial charge < -0.3 is 15.5 Å². The van der Waals surface area contributed by atoms with E-state index in [9.17, 15) is 15.1 Å². The van der Waals surface area contributed by atoms with Crippen LogP contribution in [-0.4, -0.2) is 52.0 Å². The van der Waals surface area contributed by atoms with Crippen molar-refractivity contribution in [1.82, 2.24) is 5.32 Å². The van der Waals surface area contributed by atoms with Gasteiger partial charge in [0.05, 0.1) is 6.04 Å². The summed E-state index contributed by atoms with van der Waals surface area (Å²) in [5.74, 6) is -0.251. The summed E-state index contributed by atoms with van der Waals surface area (Å²) in [5, 5.41) is 26.4. The molecule has 0 radical (unpaired) electrons. The molecule has 0 bridgehead atoms. The molecule has 0 aromatic rings. The Balaban J connectivity index is 2.14. The third-order valence-electron chi connectivity index (χ3n) is 3.35. The molecule has 0 aromatic carbocycles. The second-order valence-electron chi connectivity index (χ2n) is 4.37. The summed E-state index contributed by atoms with van der Waals surface area (Å²) in [7, 11) is 0. The van der Waals surface area contributed by atoms with E-state index in [1.165, 1.54) is 0 Å². The van der Waals surface area contributed by atoms with Gasteiger partial charge in [0.25, 0.3) is 0 Å². The van der Waals surface area contributed by atoms with Crippen LogP contribution in [-0.2, 0) is 0 Å². The van der Waals surface area contributed by atoms with Gasteiger partial charge in [-0.2, -0.15) is 4.91 Å². The molecule has 1 saturated carbocycles. The second kappa shape index (κ2) is 5.32. The first kappa shape index (κ1) is 12.8. The van der Waals surface area contributed by atoms with Crippen molar-refractivity contribution in [3.63, 3.8) is 0 Å². The third-order valence-corrected chi connectivity index (χ3v) is 4.61. The summed E-state index contributed by atoms with van der Waals surface area (Å²) in [6.07, 6.45) is -0.171. The maximum Gasteiger partial charge on any atom is 0.157 e. The number of hydrogen-bond donors (Lipinski definition) is 3. The lowest BCUT2D eigenvalue weighted by Gasteiger charge is -2.37. The molecule has 17 heavy (non-hydrogen) atoms. The number of amidine groups is 1. The monoisotopic (exact) mass is 259 g/mol. The van der Waals surface area contributed by atoms with E-state index in [0.29, 0.717) is 13.0 Å². The van der Waals surface area contributed by atoms with Gasteiger partial charge in [0, 0.05) is 24.3 Å². The fourth-order valence-electron chi connectivity index (χ4n) is 2.47. The molecule has 2 fully saturated rings. The molecule has 0 amide bonds. The average Bonchev–Trinajstić information content (AvgIpc) is 2.72. The Kier molecular flexibility index (Phi) is 4.01. The molecule has 96 valence electrons. The predicted molar refractivity (Wildman–Crippen MR) is 67.1 cm³/mol. The zero-order valence-electron chi connectivity index (χ0n) is 9.61. The van der Waals surface area contributed by atoms with Crippen molar-refractivity contribution in [2.45, 2.75) is 36.8 Å². The van der Waals surface area contributed by atoms with E-state index in [1.54, 1.807) is 11.8 Å². The molecule has 3 N–H and O–H groups in total. The highest BCUT2D eigenvalue weighted by Gasteiger charge is 2.48. The van der Waals surface area contributed by atoms with Crippen LogP contribution in [0.15, 0.2) is 10.2 Å². The number of rotatable bonds is 3. The van der Waals surface area contributed by atoms with Gasteiger partial charge >= 0.3 is 0 Å². The van der Waals surface area contributed by atoms with Gasteiger partial charge in [-0.05, 0) is 13.3 Å². The fourth-order valence-corrected chi connectivity index (χ4v) is 3.89. The van der Waals surface area contributed by atoms with Gasteiger partial charge in [0.1, 0.15) is 12.1 Å². The van der Waals surface area contributed by atoms with Crippen LogP contribution in [0.2, 0.25) is 0 Å². The van der Waals surface area contributed by atoms with E-state index in [1.807, 2.05) is 6.92 Å². The van der Waals surface area contributed by atoms with Gasteiger partial charge in [0.2, 0.25) is 0 Å².